The molecule has 1 saturated heterocycles. The molecule has 1 unspecified atom stereocenters. The van der Waals surface area contributed by atoms with E-state index in [9.17, 15) is 0 Å². The number of hydrogen-bond acceptors (Lipinski definition) is 2. The lowest BCUT2D eigenvalue weighted by atomic mass is 9.77. The zero-order chi connectivity index (χ0) is 13.9. The number of nitrogens with zero attached hydrogens (tertiary/aromatic N) is 1. The quantitative estimate of drug-likeness (QED) is 0.894. The molecule has 0 bridgehead atoms. The third-order valence-corrected chi connectivity index (χ3v) is 4.40. The Bertz CT molecular complexity index is 394. The second-order valence-electron chi connectivity index (χ2n) is 6.78. The number of hydrogen-bond donors (Lipinski definition) is 1. The molecular formula is C17H28N2. The summed E-state index contributed by atoms with van der Waals surface area (Å²) < 4.78 is 0. The maximum absolute atomic E-state index is 3.69. The number of nitrogens with one attached hydrogen (secondary N) is 1. The summed E-state index contributed by atoms with van der Waals surface area (Å²) in [7, 11) is 2.23. The monoisotopic (exact) mass is 260 g/mol. The van der Waals surface area contributed by atoms with E-state index >= 15 is 0 Å². The first-order chi connectivity index (χ1) is 8.97. The van der Waals surface area contributed by atoms with E-state index in [0.29, 0.717) is 11.5 Å². The van der Waals surface area contributed by atoms with Crippen molar-refractivity contribution in [3.05, 3.63) is 35.4 Å². The first kappa shape index (κ1) is 14.5. The Morgan fingerprint density at radius 3 is 2.58 bits per heavy atom. The van der Waals surface area contributed by atoms with Crippen LogP contribution in [0, 0.1) is 12.3 Å². The van der Waals surface area contributed by atoms with Crippen LogP contribution in [0.3, 0.4) is 0 Å². The van der Waals surface area contributed by atoms with Crippen molar-refractivity contribution in [2.24, 2.45) is 5.41 Å². The molecule has 0 saturated carbocycles. The van der Waals surface area contributed by atoms with Gasteiger partial charge in [-0.15, -0.1) is 0 Å². The lowest BCUT2D eigenvalue weighted by molar-refractivity contribution is 0.136. The van der Waals surface area contributed by atoms with Crippen molar-refractivity contribution in [1.29, 1.82) is 0 Å². The molecule has 1 aliphatic rings. The van der Waals surface area contributed by atoms with Crippen LogP contribution in [-0.2, 0) is 6.54 Å². The van der Waals surface area contributed by atoms with Gasteiger partial charge in [0.1, 0.15) is 0 Å². The minimum Gasteiger partial charge on any atom is -0.312 e. The zero-order valence-corrected chi connectivity index (χ0v) is 12.9. The maximum atomic E-state index is 3.69. The topological polar surface area (TPSA) is 15.3 Å². The number of piperidine rings is 1. The van der Waals surface area contributed by atoms with Gasteiger partial charge in [-0.2, -0.15) is 0 Å². The smallest absolute Gasteiger partial charge is 0.0246 e. The predicted molar refractivity (Wildman–Crippen MR) is 82.3 cm³/mol. The number of rotatable bonds is 4. The summed E-state index contributed by atoms with van der Waals surface area (Å²) in [6.07, 6.45) is 2.65. The second kappa shape index (κ2) is 6.06. The first-order valence-corrected chi connectivity index (χ1v) is 7.45. The van der Waals surface area contributed by atoms with Crippen molar-refractivity contribution in [3.8, 4) is 0 Å². The van der Waals surface area contributed by atoms with E-state index < -0.39 is 0 Å². The van der Waals surface area contributed by atoms with Crippen LogP contribution in [0.5, 0.6) is 0 Å². The highest BCUT2D eigenvalue weighted by atomic mass is 15.1. The van der Waals surface area contributed by atoms with Crippen LogP contribution in [-0.4, -0.2) is 31.1 Å². The molecule has 2 heteroatoms. The van der Waals surface area contributed by atoms with Crippen LogP contribution >= 0.6 is 0 Å². The summed E-state index contributed by atoms with van der Waals surface area (Å²) in [5.41, 5.74) is 3.16. The molecule has 1 fully saturated rings. The Hall–Kier alpha value is -0.860. The molecule has 19 heavy (non-hydrogen) atoms. The van der Waals surface area contributed by atoms with Gasteiger partial charge < -0.3 is 10.2 Å². The summed E-state index contributed by atoms with van der Waals surface area (Å²) in [5, 5.41) is 3.69. The van der Waals surface area contributed by atoms with Crippen LogP contribution in [0.1, 0.15) is 37.8 Å². The van der Waals surface area contributed by atoms with Crippen LogP contribution < -0.4 is 5.32 Å². The first-order valence-electron chi connectivity index (χ1n) is 7.45. The summed E-state index contributed by atoms with van der Waals surface area (Å²) >= 11 is 0. The van der Waals surface area contributed by atoms with Gasteiger partial charge in [0.25, 0.3) is 0 Å². The highest BCUT2D eigenvalue weighted by Gasteiger charge is 2.32. The Balaban J connectivity index is 1.90. The molecule has 1 aliphatic heterocycles. The largest absolute Gasteiger partial charge is 0.312 e. The van der Waals surface area contributed by atoms with E-state index in [4.69, 9.17) is 0 Å². The second-order valence-corrected chi connectivity index (χ2v) is 6.78. The van der Waals surface area contributed by atoms with Crippen molar-refractivity contribution in [2.75, 3.05) is 20.1 Å². The van der Waals surface area contributed by atoms with Gasteiger partial charge in [0.05, 0.1) is 0 Å². The summed E-state index contributed by atoms with van der Waals surface area (Å²) in [6.45, 7) is 10.3. The van der Waals surface area contributed by atoms with Crippen molar-refractivity contribution in [2.45, 2.75) is 46.2 Å². The molecule has 1 N–H and O–H groups in total. The van der Waals surface area contributed by atoms with Gasteiger partial charge in [-0.1, -0.05) is 43.7 Å². The van der Waals surface area contributed by atoms with E-state index in [-0.39, 0.29) is 0 Å². The highest BCUT2D eigenvalue weighted by Crippen LogP contribution is 2.30. The molecule has 0 aromatic heterocycles. The van der Waals surface area contributed by atoms with Crippen molar-refractivity contribution in [1.82, 2.24) is 10.2 Å². The molecule has 2 rings (SSSR count). The van der Waals surface area contributed by atoms with Gasteiger partial charge in [-0.3, -0.25) is 0 Å². The molecule has 0 spiro atoms. The minimum absolute atomic E-state index is 0.416. The molecule has 0 amide bonds. The Kier molecular flexibility index (Phi) is 4.64. The standard InChI is InChI=1S/C17H28N2/c1-14-6-8-15(9-7-14)12-19(4)13-16-17(2,3)10-5-11-18-16/h6-9,16,18H,5,10-13H2,1-4H3. The summed E-state index contributed by atoms with van der Waals surface area (Å²) in [4.78, 5) is 2.44. The van der Waals surface area contributed by atoms with Gasteiger partial charge in [0, 0.05) is 19.1 Å². The lowest BCUT2D eigenvalue weighted by Crippen LogP contribution is -2.52. The molecule has 1 aromatic carbocycles. The van der Waals surface area contributed by atoms with Gasteiger partial charge >= 0.3 is 0 Å². The number of aryl methyl sites for hydroxylation is 1. The van der Waals surface area contributed by atoms with E-state index in [0.717, 1.165) is 13.1 Å². The van der Waals surface area contributed by atoms with Crippen LogP contribution in [0.2, 0.25) is 0 Å². The number of likely N-dealkylation sites (N-methyl/N-ethyl adjacent to an activating group) is 1. The fourth-order valence-electron chi connectivity index (χ4n) is 2.96. The Morgan fingerprint density at radius 2 is 1.95 bits per heavy atom. The van der Waals surface area contributed by atoms with Crippen LogP contribution in [0.25, 0.3) is 0 Å². The fourth-order valence-corrected chi connectivity index (χ4v) is 2.96. The molecule has 1 aromatic rings. The lowest BCUT2D eigenvalue weighted by Gasteiger charge is -2.41. The molecule has 1 heterocycles. The zero-order valence-electron chi connectivity index (χ0n) is 12.9. The molecular weight excluding hydrogens is 232 g/mol. The fraction of sp³-hybridized carbons (Fsp3) is 0.647. The Labute approximate surface area is 118 Å². The van der Waals surface area contributed by atoms with Gasteiger partial charge in [0.2, 0.25) is 0 Å². The molecule has 0 radical (unpaired) electrons. The Morgan fingerprint density at radius 1 is 1.26 bits per heavy atom. The van der Waals surface area contributed by atoms with Crippen molar-refractivity contribution < 1.29 is 0 Å². The normalized spacial score (nSPS) is 22.7. The SMILES string of the molecule is Cc1ccc(CN(C)CC2NCCCC2(C)C)cc1. The molecule has 2 nitrogen and oxygen atoms in total. The predicted octanol–water partition coefficient (Wildman–Crippen LogP) is 3.21. The number of benzene rings is 1. The third-order valence-electron chi connectivity index (χ3n) is 4.40. The van der Waals surface area contributed by atoms with Gasteiger partial charge in [0.15, 0.2) is 0 Å². The van der Waals surface area contributed by atoms with Crippen molar-refractivity contribution >= 4 is 0 Å². The highest BCUT2D eigenvalue weighted by molar-refractivity contribution is 5.21. The van der Waals surface area contributed by atoms with Gasteiger partial charge in [-0.25, -0.2) is 0 Å². The summed E-state index contributed by atoms with van der Waals surface area (Å²) in [6, 6.07) is 9.49. The van der Waals surface area contributed by atoms with E-state index in [2.05, 4.69) is 62.3 Å². The van der Waals surface area contributed by atoms with Crippen molar-refractivity contribution in [3.63, 3.8) is 0 Å². The van der Waals surface area contributed by atoms with Crippen LogP contribution in [0.15, 0.2) is 24.3 Å². The summed E-state index contributed by atoms with van der Waals surface area (Å²) in [5.74, 6) is 0. The average Bonchev–Trinajstić information content (AvgIpc) is 2.35. The molecule has 106 valence electrons. The molecule has 1 atom stereocenters. The van der Waals surface area contributed by atoms with Crippen LogP contribution in [0.4, 0.5) is 0 Å². The minimum atomic E-state index is 0.416. The molecule has 0 aliphatic carbocycles. The van der Waals surface area contributed by atoms with E-state index in [1.807, 2.05) is 0 Å². The van der Waals surface area contributed by atoms with E-state index in [1.54, 1.807) is 0 Å². The van der Waals surface area contributed by atoms with Gasteiger partial charge in [-0.05, 0) is 44.3 Å². The third kappa shape index (κ3) is 4.05. The maximum Gasteiger partial charge on any atom is 0.0246 e. The van der Waals surface area contributed by atoms with E-state index in [1.165, 1.54) is 30.5 Å². The average molecular weight is 260 g/mol.